The van der Waals surface area contributed by atoms with Gasteiger partial charge in [0.05, 0.1) is 0 Å². The summed E-state index contributed by atoms with van der Waals surface area (Å²) >= 11 is 0. The summed E-state index contributed by atoms with van der Waals surface area (Å²) < 4.78 is 0. The highest BCUT2D eigenvalue weighted by atomic mass is 16.4. The van der Waals surface area contributed by atoms with Crippen molar-refractivity contribution in [3.63, 3.8) is 0 Å². The van der Waals surface area contributed by atoms with Crippen molar-refractivity contribution in [1.29, 1.82) is 0 Å². The number of aliphatic carboxylic acids is 2. The van der Waals surface area contributed by atoms with E-state index < -0.39 is 11.9 Å². The molecule has 1 saturated heterocycles. The van der Waals surface area contributed by atoms with Gasteiger partial charge in [-0.25, -0.2) is 9.59 Å². The summed E-state index contributed by atoms with van der Waals surface area (Å²) in [4.78, 5) is 25.1. The highest BCUT2D eigenvalue weighted by Crippen LogP contribution is 2.34. The summed E-state index contributed by atoms with van der Waals surface area (Å²) in [5.74, 6) is -1.59. The summed E-state index contributed by atoms with van der Waals surface area (Å²) in [6, 6.07) is 0.831. The van der Waals surface area contributed by atoms with E-state index in [-0.39, 0.29) is 0 Å². The predicted octanol–water partition coefficient (Wildman–Crippen LogP) is 2.32. The number of aromatic amines is 1. The number of piperidine rings is 1. The first-order valence-electron chi connectivity index (χ1n) is 8.53. The van der Waals surface area contributed by atoms with Crippen LogP contribution in [0, 0.1) is 5.92 Å². The van der Waals surface area contributed by atoms with Crippen LogP contribution in [0.4, 0.5) is 0 Å². The molecule has 0 bridgehead atoms. The number of hydrogen-bond donors (Lipinski definition) is 3. The SMILES string of the molecule is CCCN1CCC[C@@H]2Cc3c[nH]cc3CC21.O=C(O)/C=C\C(=O)O. The Kier molecular flexibility index (Phi) is 6.61. The largest absolute Gasteiger partial charge is 0.478 e. The van der Waals surface area contributed by atoms with E-state index >= 15 is 0 Å². The van der Waals surface area contributed by atoms with Crippen LogP contribution in [-0.2, 0) is 22.4 Å². The standard InChI is InChI=1S/C14H22N2.C4H4O4/c1-2-5-16-6-3-4-11-7-12-9-15-10-13(12)8-14(11)16;5-3(6)1-2-4(7)8/h9-11,14-15H,2-8H2,1H3;1-2H,(H,5,6)(H,7,8)/b;2-1-/t11-,14?;/m1./s1. The predicted molar refractivity (Wildman–Crippen MR) is 91.0 cm³/mol. The van der Waals surface area contributed by atoms with Crippen molar-refractivity contribution in [2.75, 3.05) is 13.1 Å². The highest BCUT2D eigenvalue weighted by molar-refractivity contribution is 5.89. The fourth-order valence-electron chi connectivity index (χ4n) is 3.77. The first-order valence-corrected chi connectivity index (χ1v) is 8.53. The molecule has 1 aromatic heterocycles. The van der Waals surface area contributed by atoms with Gasteiger partial charge in [-0.3, -0.25) is 4.90 Å². The van der Waals surface area contributed by atoms with Crippen molar-refractivity contribution in [3.8, 4) is 0 Å². The van der Waals surface area contributed by atoms with Crippen LogP contribution in [-0.4, -0.2) is 51.2 Å². The molecule has 6 heteroatoms. The molecule has 132 valence electrons. The molecule has 0 amide bonds. The van der Waals surface area contributed by atoms with Crippen molar-refractivity contribution < 1.29 is 19.8 Å². The molecule has 1 aliphatic carbocycles. The first kappa shape index (κ1) is 18.3. The molecule has 3 N–H and O–H groups in total. The van der Waals surface area contributed by atoms with Crippen LogP contribution in [0.3, 0.4) is 0 Å². The molecule has 1 unspecified atom stereocenters. The smallest absolute Gasteiger partial charge is 0.328 e. The number of carbonyl (C=O) groups is 2. The van der Waals surface area contributed by atoms with Crippen LogP contribution in [0.2, 0.25) is 0 Å². The minimum Gasteiger partial charge on any atom is -0.478 e. The van der Waals surface area contributed by atoms with Crippen LogP contribution >= 0.6 is 0 Å². The van der Waals surface area contributed by atoms with E-state index in [0.29, 0.717) is 12.2 Å². The molecule has 2 aliphatic rings. The van der Waals surface area contributed by atoms with Gasteiger partial charge in [0.2, 0.25) is 0 Å². The molecule has 1 aliphatic heterocycles. The van der Waals surface area contributed by atoms with Crippen LogP contribution in [0.25, 0.3) is 0 Å². The first-order chi connectivity index (χ1) is 11.5. The molecule has 3 rings (SSSR count). The van der Waals surface area contributed by atoms with Crippen molar-refractivity contribution in [1.82, 2.24) is 9.88 Å². The van der Waals surface area contributed by atoms with Gasteiger partial charge in [0.25, 0.3) is 0 Å². The average molecular weight is 334 g/mol. The second-order valence-corrected chi connectivity index (χ2v) is 6.43. The van der Waals surface area contributed by atoms with E-state index in [1.165, 1.54) is 45.2 Å². The van der Waals surface area contributed by atoms with Crippen LogP contribution in [0.1, 0.15) is 37.3 Å². The highest BCUT2D eigenvalue weighted by Gasteiger charge is 2.35. The summed E-state index contributed by atoms with van der Waals surface area (Å²) in [5.41, 5.74) is 3.16. The maximum absolute atomic E-state index is 9.55. The molecule has 2 heterocycles. The van der Waals surface area contributed by atoms with Gasteiger partial charge in [-0.2, -0.15) is 0 Å². The molecule has 1 fully saturated rings. The van der Waals surface area contributed by atoms with Crippen LogP contribution in [0.5, 0.6) is 0 Å². The number of H-pyrrole nitrogens is 1. The number of rotatable bonds is 4. The zero-order valence-electron chi connectivity index (χ0n) is 14.1. The Morgan fingerprint density at radius 3 is 2.42 bits per heavy atom. The van der Waals surface area contributed by atoms with E-state index in [9.17, 15) is 9.59 Å². The quantitative estimate of drug-likeness (QED) is 0.735. The Morgan fingerprint density at radius 1 is 1.21 bits per heavy atom. The van der Waals surface area contributed by atoms with E-state index in [1.54, 1.807) is 11.1 Å². The maximum atomic E-state index is 9.55. The topological polar surface area (TPSA) is 93.6 Å². The molecule has 0 radical (unpaired) electrons. The van der Waals surface area contributed by atoms with E-state index in [2.05, 4.69) is 29.2 Å². The number of carboxylic acids is 2. The van der Waals surface area contributed by atoms with Gasteiger partial charge in [0, 0.05) is 30.6 Å². The molecule has 6 nitrogen and oxygen atoms in total. The summed E-state index contributed by atoms with van der Waals surface area (Å²) in [6.45, 7) is 4.92. The molecule has 1 aromatic rings. The second-order valence-electron chi connectivity index (χ2n) is 6.43. The molecule has 0 spiro atoms. The third-order valence-corrected chi connectivity index (χ3v) is 4.75. The number of aromatic nitrogens is 1. The number of hydrogen-bond acceptors (Lipinski definition) is 3. The normalized spacial score (nSPS) is 23.0. The number of likely N-dealkylation sites (tertiary alicyclic amines) is 1. The lowest BCUT2D eigenvalue weighted by atomic mass is 9.76. The van der Waals surface area contributed by atoms with Crippen molar-refractivity contribution in [2.24, 2.45) is 5.92 Å². The average Bonchev–Trinajstić information content (AvgIpc) is 2.99. The summed E-state index contributed by atoms with van der Waals surface area (Å²) in [6.07, 6.45) is 12.3. The Morgan fingerprint density at radius 2 is 1.83 bits per heavy atom. The Bertz CT molecular complexity index is 576. The van der Waals surface area contributed by atoms with E-state index in [4.69, 9.17) is 10.2 Å². The molecule has 0 aromatic carbocycles. The van der Waals surface area contributed by atoms with Crippen LogP contribution in [0.15, 0.2) is 24.5 Å². The maximum Gasteiger partial charge on any atom is 0.328 e. The third-order valence-electron chi connectivity index (χ3n) is 4.75. The van der Waals surface area contributed by atoms with Gasteiger partial charge in [-0.1, -0.05) is 6.92 Å². The number of fused-ring (bicyclic) bond motifs is 2. The number of nitrogens with one attached hydrogen (secondary N) is 1. The lowest BCUT2D eigenvalue weighted by Crippen LogP contribution is -2.49. The van der Waals surface area contributed by atoms with Gasteiger partial charge >= 0.3 is 11.9 Å². The zero-order valence-corrected chi connectivity index (χ0v) is 14.1. The fourth-order valence-corrected chi connectivity index (χ4v) is 3.77. The number of carboxylic acid groups (broad SMARTS) is 2. The Hall–Kier alpha value is -2.08. The Balaban J connectivity index is 0.000000224. The number of nitrogens with zero attached hydrogens (tertiary/aromatic N) is 1. The van der Waals surface area contributed by atoms with Crippen molar-refractivity contribution in [3.05, 3.63) is 35.7 Å². The van der Waals surface area contributed by atoms with Crippen molar-refractivity contribution >= 4 is 11.9 Å². The summed E-state index contributed by atoms with van der Waals surface area (Å²) in [5, 5.41) is 15.6. The molecule has 0 saturated carbocycles. The van der Waals surface area contributed by atoms with E-state index in [0.717, 1.165) is 12.0 Å². The zero-order chi connectivity index (χ0) is 17.5. The van der Waals surface area contributed by atoms with Crippen molar-refractivity contribution in [2.45, 2.75) is 45.1 Å². The van der Waals surface area contributed by atoms with Gasteiger partial charge in [-0.05, 0) is 62.2 Å². The molecular formula is C18H26N2O4. The molecule has 24 heavy (non-hydrogen) atoms. The monoisotopic (exact) mass is 334 g/mol. The minimum absolute atomic E-state index is 0.558. The van der Waals surface area contributed by atoms with Crippen LogP contribution < -0.4 is 0 Å². The van der Waals surface area contributed by atoms with Gasteiger partial charge in [0.1, 0.15) is 0 Å². The second kappa shape index (κ2) is 8.68. The Labute approximate surface area is 142 Å². The van der Waals surface area contributed by atoms with Gasteiger partial charge in [0.15, 0.2) is 0 Å². The molecule has 2 atom stereocenters. The third kappa shape index (κ3) is 4.96. The van der Waals surface area contributed by atoms with Gasteiger partial charge < -0.3 is 15.2 Å². The molecular weight excluding hydrogens is 308 g/mol. The van der Waals surface area contributed by atoms with Gasteiger partial charge in [-0.15, -0.1) is 0 Å². The lowest BCUT2D eigenvalue weighted by molar-refractivity contribution is -0.134. The fraction of sp³-hybridized carbons (Fsp3) is 0.556. The lowest BCUT2D eigenvalue weighted by Gasteiger charge is -2.44. The van der Waals surface area contributed by atoms with E-state index in [1.807, 2.05) is 0 Å². The summed E-state index contributed by atoms with van der Waals surface area (Å²) in [7, 11) is 0. The minimum atomic E-state index is -1.26.